The fourth-order valence-electron chi connectivity index (χ4n) is 1.03. The van der Waals surface area contributed by atoms with E-state index in [-0.39, 0.29) is 32.7 Å². The summed E-state index contributed by atoms with van der Waals surface area (Å²) in [7, 11) is 0. The van der Waals surface area contributed by atoms with Gasteiger partial charge in [-0.3, -0.25) is 9.59 Å². The number of carbonyl (C=O) groups is 2. The minimum atomic E-state index is -0.556. The van der Waals surface area contributed by atoms with Crippen molar-refractivity contribution in [3.8, 4) is 0 Å². The van der Waals surface area contributed by atoms with Crippen molar-refractivity contribution in [3.05, 3.63) is 29.8 Å². The Morgan fingerprint density at radius 2 is 2.08 bits per heavy atom. The molecule has 57 valence electrons. The number of carbonyl (C=O) groups excluding carboxylic acids is 2. The summed E-state index contributed by atoms with van der Waals surface area (Å²) in [4.78, 5) is 21.7. The Morgan fingerprint density at radius 3 is 2.75 bits per heavy atom. The van der Waals surface area contributed by atoms with Crippen molar-refractivity contribution < 1.29 is 42.3 Å². The summed E-state index contributed by atoms with van der Waals surface area (Å²) >= 11 is 0. The first kappa shape index (κ1) is 9.55. The average Bonchev–Trinajstić information content (AvgIpc) is 2.30. The van der Waals surface area contributed by atoms with Gasteiger partial charge < -0.3 is 5.32 Å². The molecule has 3 nitrogen and oxygen atoms in total. The number of hydrogen-bond donors (Lipinski definition) is 1. The second kappa shape index (κ2) is 3.46. The predicted octanol–water partition coefficient (Wildman–Crippen LogP) is 0.619. The van der Waals surface area contributed by atoms with E-state index in [4.69, 9.17) is 0 Å². The summed E-state index contributed by atoms with van der Waals surface area (Å²) in [6.45, 7) is 0. The third-order valence-corrected chi connectivity index (χ3v) is 1.56. The molecule has 0 saturated carbocycles. The molecule has 2 rings (SSSR count). The van der Waals surface area contributed by atoms with Gasteiger partial charge in [-0.05, 0) is 0 Å². The van der Waals surface area contributed by atoms with Crippen LogP contribution in [0.5, 0.6) is 0 Å². The number of benzene rings is 1. The number of fused-ring (bicyclic) bond motifs is 1. The molecule has 1 radical (unpaired) electrons. The van der Waals surface area contributed by atoms with Gasteiger partial charge in [0.05, 0.1) is 0 Å². The minimum Gasteiger partial charge on any atom is -0.343 e. The van der Waals surface area contributed by atoms with Crippen molar-refractivity contribution >= 4 is 17.4 Å². The Hall–Kier alpha value is -0.536. The van der Waals surface area contributed by atoms with Gasteiger partial charge in [0, 0.05) is 32.7 Å². The molecule has 1 aliphatic rings. The van der Waals surface area contributed by atoms with E-state index < -0.39 is 11.7 Å². The summed E-state index contributed by atoms with van der Waals surface area (Å²) in [5.74, 6) is -1.03. The van der Waals surface area contributed by atoms with Gasteiger partial charge in [-0.25, -0.2) is 0 Å². The molecule has 0 fully saturated rings. The maximum absolute atomic E-state index is 11.0. The van der Waals surface area contributed by atoms with Crippen molar-refractivity contribution in [2.75, 3.05) is 5.32 Å². The molecule has 1 heterocycles. The van der Waals surface area contributed by atoms with Gasteiger partial charge in [0.25, 0.3) is 5.91 Å². The first-order valence-corrected chi connectivity index (χ1v) is 3.15. The minimum absolute atomic E-state index is 0. The van der Waals surface area contributed by atoms with Crippen LogP contribution >= 0.6 is 0 Å². The van der Waals surface area contributed by atoms with Crippen molar-refractivity contribution in [2.45, 2.75) is 0 Å². The second-order valence-electron chi connectivity index (χ2n) is 2.25. The smallest absolute Gasteiger partial charge is 0.282 e. The van der Waals surface area contributed by atoms with E-state index in [0.29, 0.717) is 11.3 Å². The molecule has 0 atom stereocenters. The number of nitrogens with one attached hydrogen (secondary N) is 1. The molecule has 1 aliphatic heterocycles. The van der Waals surface area contributed by atoms with E-state index in [1.807, 2.05) is 0 Å². The van der Waals surface area contributed by atoms with E-state index in [9.17, 15) is 9.59 Å². The Morgan fingerprint density at radius 1 is 1.33 bits per heavy atom. The summed E-state index contributed by atoms with van der Waals surface area (Å²) in [5.41, 5.74) is 0.997. The molecule has 1 N–H and O–H groups in total. The number of rotatable bonds is 0. The zero-order valence-electron chi connectivity index (χ0n) is 6.13. The van der Waals surface area contributed by atoms with Gasteiger partial charge >= 0.3 is 0 Å². The van der Waals surface area contributed by atoms with Crippen LogP contribution in [-0.2, 0) is 37.5 Å². The molecular weight excluding hydrogens is 231 g/mol. The quantitative estimate of drug-likeness (QED) is 0.529. The molecule has 0 spiro atoms. The van der Waals surface area contributed by atoms with Crippen LogP contribution < -0.4 is 5.32 Å². The van der Waals surface area contributed by atoms with Crippen LogP contribution in [0.1, 0.15) is 10.4 Å². The van der Waals surface area contributed by atoms with E-state index in [2.05, 4.69) is 11.4 Å². The monoisotopic (exact) mass is 235 g/mol. The molecule has 1 amide bonds. The van der Waals surface area contributed by atoms with Gasteiger partial charge in [-0.15, -0.1) is 6.07 Å². The fourth-order valence-corrected chi connectivity index (χ4v) is 1.03. The number of anilines is 1. The molecule has 1 aromatic rings. The van der Waals surface area contributed by atoms with E-state index in [1.165, 1.54) is 6.07 Å². The molecule has 1 aromatic carbocycles. The Bertz CT molecular complexity index is 349. The third kappa shape index (κ3) is 1.34. The topological polar surface area (TPSA) is 46.2 Å². The van der Waals surface area contributed by atoms with Crippen molar-refractivity contribution in [1.82, 2.24) is 0 Å². The maximum atomic E-state index is 11.0. The average molecular weight is 235 g/mol. The van der Waals surface area contributed by atoms with Crippen LogP contribution in [0.25, 0.3) is 0 Å². The van der Waals surface area contributed by atoms with Crippen LogP contribution in [0.15, 0.2) is 18.2 Å². The molecular formula is C8H4NO2Y-. The van der Waals surface area contributed by atoms with Gasteiger partial charge in [0.15, 0.2) is 5.78 Å². The molecule has 0 unspecified atom stereocenters. The molecule has 0 saturated heterocycles. The predicted molar refractivity (Wildman–Crippen MR) is 38.2 cm³/mol. The molecule has 4 heteroatoms. The van der Waals surface area contributed by atoms with E-state index in [0.717, 1.165) is 0 Å². The van der Waals surface area contributed by atoms with Gasteiger partial charge in [-0.2, -0.15) is 18.2 Å². The van der Waals surface area contributed by atoms with Crippen LogP contribution in [0, 0.1) is 6.07 Å². The number of hydrogen-bond acceptors (Lipinski definition) is 2. The SMILES string of the molecule is O=C1Nc2cc[c-]cc2C1=O.[Y]. The summed E-state index contributed by atoms with van der Waals surface area (Å²) in [6.07, 6.45) is 0. The van der Waals surface area contributed by atoms with E-state index >= 15 is 0 Å². The number of ketones is 1. The van der Waals surface area contributed by atoms with E-state index in [1.54, 1.807) is 12.1 Å². The molecule has 0 aliphatic carbocycles. The van der Waals surface area contributed by atoms with Crippen LogP contribution in [-0.4, -0.2) is 11.7 Å². The first-order chi connectivity index (χ1) is 5.29. The normalized spacial score (nSPS) is 13.3. The van der Waals surface area contributed by atoms with Crippen molar-refractivity contribution in [3.63, 3.8) is 0 Å². The third-order valence-electron chi connectivity index (χ3n) is 1.56. The molecule has 0 bridgehead atoms. The van der Waals surface area contributed by atoms with Gasteiger partial charge in [0.2, 0.25) is 0 Å². The van der Waals surface area contributed by atoms with Crippen molar-refractivity contribution in [2.24, 2.45) is 0 Å². The largest absolute Gasteiger partial charge is 0.343 e. The fraction of sp³-hybridized carbons (Fsp3) is 0. The second-order valence-corrected chi connectivity index (χ2v) is 2.25. The van der Waals surface area contributed by atoms with Crippen LogP contribution in [0.4, 0.5) is 5.69 Å². The standard InChI is InChI=1S/C8H4NO2.Y/c10-7-5-3-1-2-4-6(5)9-8(7)11;/h2-4H,(H,9,10,11);/q-1;. The summed E-state index contributed by atoms with van der Waals surface area (Å²) in [5, 5.41) is 2.44. The van der Waals surface area contributed by atoms with Crippen LogP contribution in [0.2, 0.25) is 0 Å². The van der Waals surface area contributed by atoms with Crippen LogP contribution in [0.3, 0.4) is 0 Å². The summed E-state index contributed by atoms with van der Waals surface area (Å²) in [6, 6.07) is 7.54. The number of Topliss-reactive ketones (excluding diaryl/α,β-unsaturated/α-hetero) is 1. The first-order valence-electron chi connectivity index (χ1n) is 3.15. The molecule has 0 aromatic heterocycles. The molecule has 12 heavy (non-hydrogen) atoms. The maximum Gasteiger partial charge on any atom is 0.282 e. The van der Waals surface area contributed by atoms with Gasteiger partial charge in [-0.1, -0.05) is 11.3 Å². The zero-order chi connectivity index (χ0) is 7.84. The summed E-state index contributed by atoms with van der Waals surface area (Å²) < 4.78 is 0. The zero-order valence-corrected chi connectivity index (χ0v) is 8.96. The number of amides is 1. The Labute approximate surface area is 94.4 Å². The van der Waals surface area contributed by atoms with Gasteiger partial charge in [0.1, 0.15) is 0 Å². The van der Waals surface area contributed by atoms with Crippen molar-refractivity contribution in [1.29, 1.82) is 0 Å². The Balaban J connectivity index is 0.000000720. The Kier molecular flexibility index (Phi) is 2.75.